The van der Waals surface area contributed by atoms with Crippen LogP contribution in [0.5, 0.6) is 0 Å². The number of benzene rings is 2. The van der Waals surface area contributed by atoms with Crippen LogP contribution < -0.4 is 5.32 Å². The molecule has 0 saturated heterocycles. The lowest BCUT2D eigenvalue weighted by Crippen LogP contribution is -2.08. The van der Waals surface area contributed by atoms with E-state index >= 15 is 0 Å². The van der Waals surface area contributed by atoms with Gasteiger partial charge in [-0.2, -0.15) is 13.2 Å². The molecule has 2 aromatic rings. The molecule has 0 aliphatic carbocycles. The van der Waals surface area contributed by atoms with Crippen molar-refractivity contribution in [2.45, 2.75) is 32.4 Å². The number of carbonyl (C=O) groups excluding carboxylic acids is 1. The van der Waals surface area contributed by atoms with E-state index < -0.39 is 17.6 Å². The van der Waals surface area contributed by atoms with E-state index in [0.717, 1.165) is 43.5 Å². The largest absolute Gasteiger partial charge is 0.416 e. The smallest absolute Gasteiger partial charge is 0.323 e. The number of halogens is 4. The van der Waals surface area contributed by atoms with Crippen LogP contribution in [0.25, 0.3) is 6.08 Å². The molecule has 138 valence electrons. The predicted octanol–water partition coefficient (Wildman–Crippen LogP) is 6.35. The lowest BCUT2D eigenvalue weighted by molar-refractivity contribution is -0.137. The zero-order valence-corrected chi connectivity index (χ0v) is 15.0. The quantitative estimate of drug-likeness (QED) is 0.580. The van der Waals surface area contributed by atoms with Crippen LogP contribution in [0.1, 0.15) is 36.5 Å². The normalized spacial score (nSPS) is 11.7. The first kappa shape index (κ1) is 20.0. The van der Waals surface area contributed by atoms with Gasteiger partial charge in [0.1, 0.15) is 0 Å². The van der Waals surface area contributed by atoms with Gasteiger partial charge in [0, 0.05) is 16.8 Å². The van der Waals surface area contributed by atoms with Gasteiger partial charge in [-0.1, -0.05) is 37.1 Å². The fourth-order valence-corrected chi connectivity index (χ4v) is 2.51. The van der Waals surface area contributed by atoms with Gasteiger partial charge in [0.25, 0.3) is 0 Å². The van der Waals surface area contributed by atoms with Crippen molar-refractivity contribution in [3.05, 3.63) is 70.3 Å². The Labute approximate surface area is 155 Å². The lowest BCUT2D eigenvalue weighted by Gasteiger charge is -2.08. The van der Waals surface area contributed by atoms with Crippen LogP contribution in [-0.2, 0) is 17.4 Å². The lowest BCUT2D eigenvalue weighted by atomic mass is 10.1. The maximum atomic E-state index is 12.7. The van der Waals surface area contributed by atoms with Gasteiger partial charge in [0.15, 0.2) is 0 Å². The minimum atomic E-state index is -4.46. The molecule has 0 spiro atoms. The van der Waals surface area contributed by atoms with Gasteiger partial charge in [0.05, 0.1) is 5.56 Å². The Kier molecular flexibility index (Phi) is 6.86. The van der Waals surface area contributed by atoms with Crippen LogP contribution in [0.15, 0.2) is 48.5 Å². The average Bonchev–Trinajstić information content (AvgIpc) is 2.59. The maximum absolute atomic E-state index is 12.7. The van der Waals surface area contributed by atoms with Gasteiger partial charge >= 0.3 is 6.18 Å². The standard InChI is InChI=1S/C20H19ClF3NO/c1-2-3-4-14-5-9-17(10-6-14)25-19(26)12-7-15-13-16(20(22,23)24)8-11-18(15)21/h5-13H,2-4H2,1H3,(H,25,26)/b12-7+. The molecule has 6 heteroatoms. The Morgan fingerprint density at radius 3 is 2.46 bits per heavy atom. The highest BCUT2D eigenvalue weighted by atomic mass is 35.5. The van der Waals surface area contributed by atoms with Gasteiger partial charge < -0.3 is 5.32 Å². The van der Waals surface area contributed by atoms with Crippen LogP contribution in [0.2, 0.25) is 5.02 Å². The average molecular weight is 382 g/mol. The highest BCUT2D eigenvalue weighted by Gasteiger charge is 2.30. The number of nitrogens with one attached hydrogen (secondary N) is 1. The molecular formula is C20H19ClF3NO. The van der Waals surface area contributed by atoms with Crippen molar-refractivity contribution in [1.29, 1.82) is 0 Å². The number of rotatable bonds is 6. The summed E-state index contributed by atoms with van der Waals surface area (Å²) in [5.74, 6) is -0.445. The van der Waals surface area contributed by atoms with E-state index in [1.807, 2.05) is 12.1 Å². The van der Waals surface area contributed by atoms with Crippen molar-refractivity contribution >= 4 is 29.3 Å². The second-order valence-electron chi connectivity index (χ2n) is 5.86. The highest BCUT2D eigenvalue weighted by molar-refractivity contribution is 6.32. The van der Waals surface area contributed by atoms with Crippen LogP contribution in [0.4, 0.5) is 18.9 Å². The summed E-state index contributed by atoms with van der Waals surface area (Å²) in [5, 5.41) is 2.81. The first-order valence-corrected chi connectivity index (χ1v) is 8.62. The number of unbranched alkanes of at least 4 members (excludes halogenated alkanes) is 1. The molecule has 0 fully saturated rings. The van der Waals surface area contributed by atoms with Crippen molar-refractivity contribution in [1.82, 2.24) is 0 Å². The van der Waals surface area contributed by atoms with Gasteiger partial charge in [-0.25, -0.2) is 0 Å². The minimum Gasteiger partial charge on any atom is -0.323 e. The first-order chi connectivity index (χ1) is 12.3. The number of hydrogen-bond acceptors (Lipinski definition) is 1. The molecule has 2 aromatic carbocycles. The van der Waals surface area contributed by atoms with E-state index in [-0.39, 0.29) is 10.6 Å². The number of anilines is 1. The number of aryl methyl sites for hydroxylation is 1. The van der Waals surface area contributed by atoms with Crippen LogP contribution in [0, 0.1) is 0 Å². The third-order valence-electron chi connectivity index (χ3n) is 3.78. The predicted molar refractivity (Wildman–Crippen MR) is 99.2 cm³/mol. The molecule has 0 aliphatic heterocycles. The Morgan fingerprint density at radius 2 is 1.85 bits per heavy atom. The van der Waals surface area contributed by atoms with E-state index in [1.54, 1.807) is 12.1 Å². The molecule has 0 aliphatic rings. The highest BCUT2D eigenvalue weighted by Crippen LogP contribution is 2.32. The van der Waals surface area contributed by atoms with Gasteiger partial charge in [-0.3, -0.25) is 4.79 Å². The zero-order chi connectivity index (χ0) is 19.2. The molecule has 0 aromatic heterocycles. The molecule has 0 heterocycles. The summed E-state index contributed by atoms with van der Waals surface area (Å²) in [7, 11) is 0. The van der Waals surface area contributed by atoms with Crippen molar-refractivity contribution in [2.24, 2.45) is 0 Å². The third kappa shape index (κ3) is 5.92. The molecule has 1 amide bonds. The van der Waals surface area contributed by atoms with E-state index in [9.17, 15) is 18.0 Å². The van der Waals surface area contributed by atoms with Crippen molar-refractivity contribution in [3.63, 3.8) is 0 Å². The summed E-state index contributed by atoms with van der Waals surface area (Å²) in [6.45, 7) is 2.12. The molecule has 2 nitrogen and oxygen atoms in total. The first-order valence-electron chi connectivity index (χ1n) is 8.24. The molecule has 0 saturated carbocycles. The van der Waals surface area contributed by atoms with E-state index in [1.165, 1.54) is 11.6 Å². The van der Waals surface area contributed by atoms with Gasteiger partial charge in [0.2, 0.25) is 5.91 Å². The Bertz CT molecular complexity index is 783. The monoisotopic (exact) mass is 381 g/mol. The molecule has 0 radical (unpaired) electrons. The molecule has 2 rings (SSSR count). The Morgan fingerprint density at radius 1 is 1.15 bits per heavy atom. The molecule has 26 heavy (non-hydrogen) atoms. The SMILES string of the molecule is CCCCc1ccc(NC(=O)/C=C/c2cc(C(F)(F)F)ccc2Cl)cc1. The summed E-state index contributed by atoms with van der Waals surface area (Å²) >= 11 is 5.90. The van der Waals surface area contributed by atoms with E-state index in [2.05, 4.69) is 12.2 Å². The molecule has 0 unspecified atom stereocenters. The fraction of sp³-hybridized carbons (Fsp3) is 0.250. The topological polar surface area (TPSA) is 29.1 Å². The number of carbonyl (C=O) groups is 1. The minimum absolute atomic E-state index is 0.131. The van der Waals surface area contributed by atoms with Gasteiger partial charge in [-0.15, -0.1) is 0 Å². The fourth-order valence-electron chi connectivity index (χ4n) is 2.33. The summed E-state index contributed by atoms with van der Waals surface area (Å²) in [4.78, 5) is 12.0. The second-order valence-corrected chi connectivity index (χ2v) is 6.26. The summed E-state index contributed by atoms with van der Waals surface area (Å²) in [5.41, 5.74) is 1.13. The Balaban J connectivity index is 2.03. The van der Waals surface area contributed by atoms with Crippen LogP contribution in [-0.4, -0.2) is 5.91 Å². The number of alkyl halides is 3. The van der Waals surface area contributed by atoms with Crippen molar-refractivity contribution in [2.75, 3.05) is 5.32 Å². The molecular weight excluding hydrogens is 363 g/mol. The third-order valence-corrected chi connectivity index (χ3v) is 4.12. The molecule has 0 bridgehead atoms. The number of hydrogen-bond donors (Lipinski definition) is 1. The zero-order valence-electron chi connectivity index (χ0n) is 14.2. The van der Waals surface area contributed by atoms with Crippen molar-refractivity contribution in [3.8, 4) is 0 Å². The van der Waals surface area contributed by atoms with Crippen LogP contribution in [0.3, 0.4) is 0 Å². The summed E-state index contributed by atoms with van der Waals surface area (Å²) in [6.07, 6.45) is 1.16. The number of amides is 1. The molecule has 1 N–H and O–H groups in total. The van der Waals surface area contributed by atoms with Crippen LogP contribution >= 0.6 is 11.6 Å². The van der Waals surface area contributed by atoms with Gasteiger partial charge in [-0.05, 0) is 60.4 Å². The second kappa shape index (κ2) is 8.90. The summed E-state index contributed by atoms with van der Waals surface area (Å²) < 4.78 is 38.2. The maximum Gasteiger partial charge on any atom is 0.416 e. The van der Waals surface area contributed by atoms with Crippen molar-refractivity contribution < 1.29 is 18.0 Å². The molecule has 0 atom stereocenters. The Hall–Kier alpha value is -2.27. The van der Waals surface area contributed by atoms with E-state index in [4.69, 9.17) is 11.6 Å². The summed E-state index contributed by atoms with van der Waals surface area (Å²) in [6, 6.07) is 10.5. The van der Waals surface area contributed by atoms with E-state index in [0.29, 0.717) is 5.69 Å².